The number of imidazole rings is 1. The van der Waals surface area contributed by atoms with Crippen LogP contribution < -0.4 is 0 Å². The molecule has 0 saturated carbocycles. The molecule has 0 radical (unpaired) electrons. The molecule has 26 heavy (non-hydrogen) atoms. The maximum absolute atomic E-state index is 13.2. The largest absolute Gasteiger partial charge is 0.361 e. The summed E-state index contributed by atoms with van der Waals surface area (Å²) in [6.45, 7) is 0.721. The molecule has 4 nitrogen and oxygen atoms in total. The molecule has 0 aliphatic carbocycles. The highest BCUT2D eigenvalue weighted by atomic mass is 35.5. The number of benzene rings is 2. The van der Waals surface area contributed by atoms with Crippen molar-refractivity contribution in [3.63, 3.8) is 0 Å². The van der Waals surface area contributed by atoms with Crippen molar-refractivity contribution in [2.45, 2.75) is 19.0 Å². The molecular formula is C19H18ClF2N3O. The molecule has 1 fully saturated rings. The van der Waals surface area contributed by atoms with E-state index < -0.39 is 5.92 Å². The number of rotatable bonds is 5. The molecule has 0 bridgehead atoms. The number of hydrogen-bond acceptors (Lipinski definition) is 3. The first kappa shape index (κ1) is 17.4. The smallest absolute Gasteiger partial charge is 0.261 e. The van der Waals surface area contributed by atoms with Crippen LogP contribution in [-0.2, 0) is 11.3 Å². The minimum atomic E-state index is -2.59. The van der Waals surface area contributed by atoms with Gasteiger partial charge in [-0.25, -0.2) is 13.8 Å². The Kier molecular flexibility index (Phi) is 4.65. The summed E-state index contributed by atoms with van der Waals surface area (Å²) < 4.78 is 33.9. The van der Waals surface area contributed by atoms with Gasteiger partial charge in [0.05, 0.1) is 30.9 Å². The quantitative estimate of drug-likeness (QED) is 0.656. The third-order valence-corrected chi connectivity index (χ3v) is 4.72. The van der Waals surface area contributed by atoms with Crippen molar-refractivity contribution in [1.82, 2.24) is 14.5 Å². The standard InChI is InChI=1S/C19H18ClF2N3O/c20-15-2-1-3-16(9-15)25-12-23-17-8-14(4-5-18(17)25)10-26-13-24-7-6-19(21,22)11-24/h1-5,8-9,12H,6-7,10-11,13H2. The zero-order valence-corrected chi connectivity index (χ0v) is 14.8. The van der Waals surface area contributed by atoms with Crippen LogP contribution in [0.1, 0.15) is 12.0 Å². The fourth-order valence-corrected chi connectivity index (χ4v) is 3.37. The van der Waals surface area contributed by atoms with Crippen molar-refractivity contribution in [3.05, 3.63) is 59.4 Å². The van der Waals surface area contributed by atoms with E-state index in [0.29, 0.717) is 18.2 Å². The van der Waals surface area contributed by atoms with Crippen LogP contribution in [0.2, 0.25) is 5.02 Å². The van der Waals surface area contributed by atoms with Crippen molar-refractivity contribution >= 4 is 22.6 Å². The number of alkyl halides is 2. The van der Waals surface area contributed by atoms with Gasteiger partial charge in [0.2, 0.25) is 0 Å². The fraction of sp³-hybridized carbons (Fsp3) is 0.316. The molecule has 0 N–H and O–H groups in total. The number of nitrogens with zero attached hydrogens (tertiary/aromatic N) is 3. The predicted octanol–water partition coefficient (Wildman–Crippen LogP) is 4.49. The van der Waals surface area contributed by atoms with Gasteiger partial charge in [0.15, 0.2) is 0 Å². The minimum absolute atomic E-state index is 0.0940. The number of fused-ring (bicyclic) bond motifs is 1. The van der Waals surface area contributed by atoms with Gasteiger partial charge < -0.3 is 4.74 Å². The topological polar surface area (TPSA) is 30.3 Å². The molecule has 0 spiro atoms. The minimum Gasteiger partial charge on any atom is -0.361 e. The molecule has 2 heterocycles. The summed E-state index contributed by atoms with van der Waals surface area (Å²) in [5.41, 5.74) is 3.72. The molecule has 3 aromatic rings. The number of likely N-dealkylation sites (tertiary alicyclic amines) is 1. The van der Waals surface area contributed by atoms with Gasteiger partial charge in [0.1, 0.15) is 6.33 Å². The highest BCUT2D eigenvalue weighted by molar-refractivity contribution is 6.30. The van der Waals surface area contributed by atoms with Crippen LogP contribution in [0.25, 0.3) is 16.7 Å². The second-order valence-corrected chi connectivity index (χ2v) is 6.99. The summed E-state index contributed by atoms with van der Waals surface area (Å²) in [6.07, 6.45) is 1.66. The SMILES string of the molecule is FC1(F)CCN(COCc2ccc3c(c2)ncn3-c2cccc(Cl)c2)C1. The summed E-state index contributed by atoms with van der Waals surface area (Å²) in [5.74, 6) is -2.59. The van der Waals surface area contributed by atoms with Crippen LogP contribution in [0.15, 0.2) is 48.8 Å². The van der Waals surface area contributed by atoms with Crippen LogP contribution in [0, 0.1) is 0 Å². The Morgan fingerprint density at radius 1 is 1.19 bits per heavy atom. The molecule has 2 aromatic carbocycles. The van der Waals surface area contributed by atoms with Gasteiger partial charge in [-0.3, -0.25) is 9.47 Å². The van der Waals surface area contributed by atoms with Crippen molar-refractivity contribution in [3.8, 4) is 5.69 Å². The van der Waals surface area contributed by atoms with Crippen molar-refractivity contribution in [1.29, 1.82) is 0 Å². The molecule has 7 heteroatoms. The average Bonchev–Trinajstić information content (AvgIpc) is 3.17. The van der Waals surface area contributed by atoms with E-state index in [0.717, 1.165) is 22.3 Å². The summed E-state index contributed by atoms with van der Waals surface area (Å²) in [4.78, 5) is 6.08. The molecule has 1 aliphatic rings. The molecule has 0 amide bonds. The van der Waals surface area contributed by atoms with E-state index in [-0.39, 0.29) is 19.7 Å². The maximum atomic E-state index is 13.2. The maximum Gasteiger partial charge on any atom is 0.261 e. The van der Waals surface area contributed by atoms with Crippen LogP contribution in [0.5, 0.6) is 0 Å². The van der Waals surface area contributed by atoms with Gasteiger partial charge in [-0.1, -0.05) is 23.7 Å². The third kappa shape index (κ3) is 3.72. The summed E-state index contributed by atoms with van der Waals surface area (Å²) in [5, 5.41) is 0.668. The van der Waals surface area contributed by atoms with Gasteiger partial charge in [-0.05, 0) is 35.9 Å². The Morgan fingerprint density at radius 3 is 2.85 bits per heavy atom. The van der Waals surface area contributed by atoms with E-state index in [1.165, 1.54) is 0 Å². The Bertz CT molecular complexity index is 928. The molecule has 136 valence electrons. The lowest BCUT2D eigenvalue weighted by molar-refractivity contribution is -0.0165. The molecule has 1 saturated heterocycles. The number of aromatic nitrogens is 2. The van der Waals surface area contributed by atoms with Crippen LogP contribution in [-0.4, -0.2) is 40.2 Å². The van der Waals surface area contributed by atoms with E-state index >= 15 is 0 Å². The number of halogens is 3. The Hall–Kier alpha value is -2.02. The van der Waals surface area contributed by atoms with E-state index in [4.69, 9.17) is 16.3 Å². The first-order valence-corrected chi connectivity index (χ1v) is 8.78. The van der Waals surface area contributed by atoms with Crippen LogP contribution in [0.3, 0.4) is 0 Å². The monoisotopic (exact) mass is 377 g/mol. The molecule has 1 aliphatic heterocycles. The van der Waals surface area contributed by atoms with E-state index in [9.17, 15) is 8.78 Å². The molecule has 1 aromatic heterocycles. The second-order valence-electron chi connectivity index (χ2n) is 6.55. The normalized spacial score (nSPS) is 17.2. The zero-order valence-electron chi connectivity index (χ0n) is 14.0. The first-order chi connectivity index (χ1) is 12.5. The first-order valence-electron chi connectivity index (χ1n) is 8.40. The molecule has 0 atom stereocenters. The van der Waals surface area contributed by atoms with E-state index in [1.54, 1.807) is 11.2 Å². The number of hydrogen-bond donors (Lipinski definition) is 0. The Labute approximate surface area is 155 Å². The highest BCUT2D eigenvalue weighted by Gasteiger charge is 2.37. The lowest BCUT2D eigenvalue weighted by Gasteiger charge is -2.15. The average molecular weight is 378 g/mol. The fourth-order valence-electron chi connectivity index (χ4n) is 3.19. The predicted molar refractivity (Wildman–Crippen MR) is 96.9 cm³/mol. The summed E-state index contributed by atoms with van der Waals surface area (Å²) in [7, 11) is 0. The zero-order chi connectivity index (χ0) is 18.1. The molecular weight excluding hydrogens is 360 g/mol. The summed E-state index contributed by atoms with van der Waals surface area (Å²) >= 11 is 6.07. The van der Waals surface area contributed by atoms with Crippen LogP contribution in [0.4, 0.5) is 8.78 Å². The van der Waals surface area contributed by atoms with Gasteiger partial charge in [0.25, 0.3) is 5.92 Å². The van der Waals surface area contributed by atoms with Gasteiger partial charge in [-0.15, -0.1) is 0 Å². The van der Waals surface area contributed by atoms with Gasteiger partial charge >= 0.3 is 0 Å². The lowest BCUT2D eigenvalue weighted by atomic mass is 10.2. The highest BCUT2D eigenvalue weighted by Crippen LogP contribution is 2.26. The number of ether oxygens (including phenoxy) is 1. The van der Waals surface area contributed by atoms with Crippen molar-refractivity contribution in [2.24, 2.45) is 0 Å². The second kappa shape index (κ2) is 6.95. The summed E-state index contributed by atoms with van der Waals surface area (Å²) in [6, 6.07) is 13.5. The third-order valence-electron chi connectivity index (χ3n) is 4.49. The van der Waals surface area contributed by atoms with Crippen molar-refractivity contribution in [2.75, 3.05) is 19.8 Å². The van der Waals surface area contributed by atoms with Crippen molar-refractivity contribution < 1.29 is 13.5 Å². The molecule has 0 unspecified atom stereocenters. The van der Waals surface area contributed by atoms with Gasteiger partial charge in [-0.2, -0.15) is 0 Å². The molecule has 4 rings (SSSR count). The Balaban J connectivity index is 1.44. The van der Waals surface area contributed by atoms with Crippen LogP contribution >= 0.6 is 11.6 Å². The lowest BCUT2D eigenvalue weighted by Crippen LogP contribution is -2.27. The van der Waals surface area contributed by atoms with Gasteiger partial charge in [0, 0.05) is 23.7 Å². The Morgan fingerprint density at radius 2 is 2.08 bits per heavy atom. The van der Waals surface area contributed by atoms with E-state index in [1.807, 2.05) is 47.0 Å². The van der Waals surface area contributed by atoms with E-state index in [2.05, 4.69) is 4.98 Å².